The molecule has 3 N–H and O–H groups in total. The van der Waals surface area contributed by atoms with E-state index in [1.54, 1.807) is 9.42 Å². The second-order valence-electron chi connectivity index (χ2n) is 10.3. The molecule has 1 unspecified atom stereocenters. The molecule has 0 radical (unpaired) electrons. The SMILES string of the molecule is CN1CCNS(=O)(=O)COc2ccc(F)cc2C(=O)N2CCCCC2c2cc3nc(N4CC(N)C4)cc1n3n2. The molecule has 3 aromatic rings. The predicted octanol–water partition coefficient (Wildman–Crippen LogP) is 1.09. The second kappa shape index (κ2) is 9.92. The van der Waals surface area contributed by atoms with Gasteiger partial charge in [0.1, 0.15) is 23.2 Å². The summed E-state index contributed by atoms with van der Waals surface area (Å²) >= 11 is 0. The van der Waals surface area contributed by atoms with E-state index in [-0.39, 0.29) is 29.9 Å². The lowest BCUT2D eigenvalue weighted by Gasteiger charge is -2.38. The first kappa shape index (κ1) is 25.8. The van der Waals surface area contributed by atoms with Gasteiger partial charge in [0.25, 0.3) is 5.91 Å². The van der Waals surface area contributed by atoms with E-state index in [2.05, 4.69) is 9.62 Å². The van der Waals surface area contributed by atoms with Crippen LogP contribution in [0, 0.1) is 5.82 Å². The molecule has 0 aliphatic carbocycles. The molecule has 1 amide bonds. The highest BCUT2D eigenvalue weighted by Crippen LogP contribution is 2.35. The number of carbonyl (C=O) groups is 1. The quantitative estimate of drug-likeness (QED) is 0.449. The van der Waals surface area contributed by atoms with Gasteiger partial charge in [0, 0.05) is 57.9 Å². The van der Waals surface area contributed by atoms with Gasteiger partial charge in [0.2, 0.25) is 16.0 Å². The maximum Gasteiger partial charge on any atom is 0.258 e. The average molecular weight is 559 g/mol. The molecule has 12 nitrogen and oxygen atoms in total. The molecule has 3 aliphatic heterocycles. The standard InChI is InChI=1S/C25H31FN8O4S/c1-31-9-7-28-39(36,37)15-38-21-6-5-16(26)10-18(21)25(35)33-8-3-2-4-20(33)19-11-23-29-22(32-13-17(27)14-32)12-24(31)34(23)30-19/h5-6,10-12,17,20,28H,2-4,7-9,13-15,27H2,1H3. The molecule has 208 valence electrons. The van der Waals surface area contributed by atoms with Gasteiger partial charge in [-0.05, 0) is 37.5 Å². The third kappa shape index (κ3) is 4.99. The van der Waals surface area contributed by atoms with Gasteiger partial charge in [-0.1, -0.05) is 0 Å². The van der Waals surface area contributed by atoms with Gasteiger partial charge in [-0.3, -0.25) is 4.79 Å². The Morgan fingerprint density at radius 2 is 1.97 bits per heavy atom. The van der Waals surface area contributed by atoms with Gasteiger partial charge in [0.15, 0.2) is 5.65 Å². The number of hydrogen-bond acceptors (Lipinski definition) is 9. The number of halogens is 1. The number of likely N-dealkylation sites (N-methyl/N-ethyl adjacent to an activating group) is 1. The Bertz CT molecular complexity index is 1520. The number of aromatic nitrogens is 3. The van der Waals surface area contributed by atoms with Gasteiger partial charge >= 0.3 is 0 Å². The maximum absolute atomic E-state index is 14.3. The van der Waals surface area contributed by atoms with Gasteiger partial charge < -0.3 is 25.2 Å². The first-order chi connectivity index (χ1) is 18.7. The number of anilines is 2. The predicted molar refractivity (Wildman–Crippen MR) is 143 cm³/mol. The highest BCUT2D eigenvalue weighted by molar-refractivity contribution is 7.89. The van der Waals surface area contributed by atoms with Crippen LogP contribution in [0.1, 0.15) is 41.4 Å². The van der Waals surface area contributed by atoms with Crippen molar-refractivity contribution in [2.75, 3.05) is 55.5 Å². The van der Waals surface area contributed by atoms with Crippen molar-refractivity contribution < 1.29 is 22.3 Å². The van der Waals surface area contributed by atoms with Crippen LogP contribution in [0.25, 0.3) is 5.65 Å². The summed E-state index contributed by atoms with van der Waals surface area (Å²) in [5, 5.41) is 4.89. The van der Waals surface area contributed by atoms with Crippen LogP contribution in [0.3, 0.4) is 0 Å². The van der Waals surface area contributed by atoms with Crippen molar-refractivity contribution in [1.82, 2.24) is 24.2 Å². The molecular formula is C25H31FN8O4S. The van der Waals surface area contributed by atoms with Gasteiger partial charge in [-0.25, -0.2) is 22.5 Å². The molecule has 6 rings (SSSR count). The Morgan fingerprint density at radius 3 is 2.77 bits per heavy atom. The number of piperidine rings is 1. The molecule has 2 aromatic heterocycles. The smallest absolute Gasteiger partial charge is 0.258 e. The number of rotatable bonds is 1. The summed E-state index contributed by atoms with van der Waals surface area (Å²) in [6.45, 7) is 2.28. The number of carbonyl (C=O) groups excluding carboxylic acids is 1. The van der Waals surface area contributed by atoms with E-state index < -0.39 is 27.7 Å². The molecule has 1 atom stereocenters. The van der Waals surface area contributed by atoms with Gasteiger partial charge in [-0.2, -0.15) is 9.61 Å². The molecule has 2 bridgehead atoms. The minimum absolute atomic E-state index is 0.0108. The molecule has 0 spiro atoms. The van der Waals surface area contributed by atoms with E-state index in [4.69, 9.17) is 20.6 Å². The fourth-order valence-corrected chi connectivity index (χ4v) is 6.13. The van der Waals surface area contributed by atoms with Crippen molar-refractivity contribution in [1.29, 1.82) is 0 Å². The fraction of sp³-hybridized carbons (Fsp3) is 0.480. The summed E-state index contributed by atoms with van der Waals surface area (Å²) in [5.41, 5.74) is 7.29. The van der Waals surface area contributed by atoms with E-state index in [1.807, 2.05) is 24.1 Å². The first-order valence-electron chi connectivity index (χ1n) is 13.0. The minimum Gasteiger partial charge on any atom is -0.475 e. The summed E-state index contributed by atoms with van der Waals surface area (Å²) in [6, 6.07) is 7.06. The van der Waals surface area contributed by atoms with E-state index in [0.717, 1.165) is 36.6 Å². The van der Waals surface area contributed by atoms with E-state index in [0.29, 0.717) is 43.9 Å². The van der Waals surface area contributed by atoms with Crippen molar-refractivity contribution in [3.63, 3.8) is 0 Å². The molecule has 39 heavy (non-hydrogen) atoms. The van der Waals surface area contributed by atoms with Crippen LogP contribution in [0.4, 0.5) is 16.0 Å². The van der Waals surface area contributed by atoms with E-state index in [9.17, 15) is 17.6 Å². The van der Waals surface area contributed by atoms with Crippen LogP contribution in [-0.4, -0.2) is 85.6 Å². The summed E-state index contributed by atoms with van der Waals surface area (Å²) in [5.74, 6) is -0.264. The highest BCUT2D eigenvalue weighted by Gasteiger charge is 2.33. The number of amides is 1. The Hall–Kier alpha value is -3.49. The summed E-state index contributed by atoms with van der Waals surface area (Å²) in [4.78, 5) is 24.3. The summed E-state index contributed by atoms with van der Waals surface area (Å²) < 4.78 is 49.5. The molecule has 2 fully saturated rings. The molecule has 5 heterocycles. The number of nitrogens with one attached hydrogen (secondary N) is 1. The lowest BCUT2D eigenvalue weighted by atomic mass is 9.98. The molecule has 3 aliphatic rings. The number of ether oxygens (including phenoxy) is 1. The minimum atomic E-state index is -3.86. The van der Waals surface area contributed by atoms with Crippen LogP contribution in [0.15, 0.2) is 30.3 Å². The van der Waals surface area contributed by atoms with Crippen molar-refractivity contribution in [3.8, 4) is 5.75 Å². The molecule has 2 saturated heterocycles. The maximum atomic E-state index is 14.3. The third-order valence-electron chi connectivity index (χ3n) is 7.45. The van der Waals surface area contributed by atoms with Gasteiger partial charge in [-0.15, -0.1) is 0 Å². The van der Waals surface area contributed by atoms with E-state index in [1.165, 1.54) is 6.07 Å². The third-order valence-corrected chi connectivity index (χ3v) is 8.53. The Balaban J connectivity index is 1.47. The normalized spacial score (nSPS) is 22.4. The Kier molecular flexibility index (Phi) is 6.55. The zero-order valence-corrected chi connectivity index (χ0v) is 22.4. The van der Waals surface area contributed by atoms with Crippen LogP contribution >= 0.6 is 0 Å². The monoisotopic (exact) mass is 558 g/mol. The topological polar surface area (TPSA) is 138 Å². The number of nitrogens with zero attached hydrogens (tertiary/aromatic N) is 6. The molecule has 1 aromatic carbocycles. The molecule has 0 saturated carbocycles. The highest BCUT2D eigenvalue weighted by atomic mass is 32.2. The molecular weight excluding hydrogens is 527 g/mol. The number of fused-ring (bicyclic) bond motifs is 4. The second-order valence-corrected chi connectivity index (χ2v) is 12.1. The summed E-state index contributed by atoms with van der Waals surface area (Å²) in [7, 11) is -2.00. The van der Waals surface area contributed by atoms with Crippen LogP contribution in [-0.2, 0) is 10.0 Å². The number of benzene rings is 1. The first-order valence-corrected chi connectivity index (χ1v) is 14.7. The Morgan fingerprint density at radius 1 is 1.15 bits per heavy atom. The lowest BCUT2D eigenvalue weighted by molar-refractivity contribution is 0.0601. The average Bonchev–Trinajstić information content (AvgIpc) is 3.33. The summed E-state index contributed by atoms with van der Waals surface area (Å²) in [6.07, 6.45) is 2.36. The van der Waals surface area contributed by atoms with Crippen LogP contribution < -0.4 is 25.0 Å². The fourth-order valence-electron chi connectivity index (χ4n) is 5.36. The largest absolute Gasteiger partial charge is 0.475 e. The van der Waals surface area contributed by atoms with Crippen molar-refractivity contribution in [2.45, 2.75) is 31.3 Å². The zero-order chi connectivity index (χ0) is 27.3. The Labute approximate surface area is 225 Å². The number of sulfonamides is 1. The van der Waals surface area contributed by atoms with E-state index >= 15 is 0 Å². The number of nitrogens with two attached hydrogens (primary N) is 1. The lowest BCUT2D eigenvalue weighted by Crippen LogP contribution is -2.56. The van der Waals surface area contributed by atoms with Crippen LogP contribution in [0.5, 0.6) is 5.75 Å². The molecule has 14 heteroatoms. The van der Waals surface area contributed by atoms with Crippen molar-refractivity contribution >= 4 is 33.2 Å². The zero-order valence-electron chi connectivity index (χ0n) is 21.6. The van der Waals surface area contributed by atoms with Crippen molar-refractivity contribution in [3.05, 3.63) is 47.4 Å². The number of hydrogen-bond donors (Lipinski definition) is 2. The van der Waals surface area contributed by atoms with Crippen molar-refractivity contribution in [2.24, 2.45) is 5.73 Å². The van der Waals surface area contributed by atoms with Crippen LogP contribution in [0.2, 0.25) is 0 Å². The van der Waals surface area contributed by atoms with Gasteiger partial charge in [0.05, 0.1) is 17.3 Å².